The number of hydrogen-bond acceptors (Lipinski definition) is 1. The molecule has 1 amide bonds. The summed E-state index contributed by atoms with van der Waals surface area (Å²) in [4.78, 5) is 16.5. The summed E-state index contributed by atoms with van der Waals surface area (Å²) in [5.74, 6) is -2.08. The number of carbonyl (C=O) groups is 1. The van der Waals surface area contributed by atoms with Gasteiger partial charge in [0.05, 0.1) is 11.1 Å². The minimum atomic E-state index is -4.67. The van der Waals surface area contributed by atoms with E-state index in [-0.39, 0.29) is 5.41 Å². The molecule has 0 radical (unpaired) electrons. The summed E-state index contributed by atoms with van der Waals surface area (Å²) in [6.07, 6.45) is -1.11. The van der Waals surface area contributed by atoms with E-state index in [0.29, 0.717) is 30.2 Å². The van der Waals surface area contributed by atoms with Crippen molar-refractivity contribution < 1.29 is 22.4 Å². The van der Waals surface area contributed by atoms with Gasteiger partial charge in [-0.25, -0.2) is 4.39 Å². The molecule has 28 heavy (non-hydrogen) atoms. The van der Waals surface area contributed by atoms with Crippen molar-refractivity contribution in [2.24, 2.45) is 4.99 Å². The first-order valence-corrected chi connectivity index (χ1v) is 9.10. The van der Waals surface area contributed by atoms with Gasteiger partial charge in [-0.3, -0.25) is 4.79 Å². The van der Waals surface area contributed by atoms with Crippen LogP contribution in [-0.4, -0.2) is 10.5 Å². The van der Waals surface area contributed by atoms with Crippen LogP contribution in [0.2, 0.25) is 0 Å². The number of pyridine rings is 1. The predicted molar refractivity (Wildman–Crippen MR) is 99.3 cm³/mol. The van der Waals surface area contributed by atoms with Crippen LogP contribution in [0.5, 0.6) is 0 Å². The van der Waals surface area contributed by atoms with Gasteiger partial charge >= 0.3 is 6.18 Å². The van der Waals surface area contributed by atoms with Crippen LogP contribution < -0.4 is 5.49 Å². The van der Waals surface area contributed by atoms with E-state index in [1.54, 1.807) is 16.8 Å². The Morgan fingerprint density at radius 2 is 1.75 bits per heavy atom. The maximum Gasteiger partial charge on any atom is 0.416 e. The van der Waals surface area contributed by atoms with Crippen molar-refractivity contribution in [1.82, 2.24) is 4.57 Å². The molecule has 7 heteroatoms. The molecule has 0 fully saturated rings. The summed E-state index contributed by atoms with van der Waals surface area (Å²) in [7, 11) is 0. The zero-order chi connectivity index (χ0) is 21.1. The van der Waals surface area contributed by atoms with Crippen molar-refractivity contribution in [3.8, 4) is 0 Å². The molecule has 0 N–H and O–H groups in total. The minimum absolute atomic E-state index is 0.210. The van der Waals surface area contributed by atoms with E-state index in [1.165, 1.54) is 0 Å². The van der Waals surface area contributed by atoms with Crippen LogP contribution in [0.25, 0.3) is 0 Å². The molecule has 1 heterocycles. The molecule has 2 aromatic rings. The van der Waals surface area contributed by atoms with Gasteiger partial charge in [-0.1, -0.05) is 34.1 Å². The average Bonchev–Trinajstić information content (AvgIpc) is 2.59. The van der Waals surface area contributed by atoms with Crippen molar-refractivity contribution in [1.29, 1.82) is 0 Å². The zero-order valence-electron chi connectivity index (χ0n) is 16.4. The highest BCUT2D eigenvalue weighted by atomic mass is 19.4. The van der Waals surface area contributed by atoms with Crippen LogP contribution in [0.3, 0.4) is 0 Å². The number of nitrogens with zero attached hydrogens (tertiary/aromatic N) is 2. The Labute approximate surface area is 161 Å². The third-order valence-electron chi connectivity index (χ3n) is 4.37. The maximum absolute atomic E-state index is 14.0. The van der Waals surface area contributed by atoms with Crippen LogP contribution in [0.4, 0.5) is 17.6 Å². The van der Waals surface area contributed by atoms with Crippen molar-refractivity contribution >= 4 is 5.91 Å². The van der Waals surface area contributed by atoms with Gasteiger partial charge in [0.15, 0.2) is 0 Å². The Morgan fingerprint density at radius 1 is 1.07 bits per heavy atom. The minimum Gasteiger partial charge on any atom is -0.333 e. The Hall–Kier alpha value is -2.44. The molecule has 0 unspecified atom stereocenters. The van der Waals surface area contributed by atoms with Gasteiger partial charge in [-0.2, -0.15) is 18.2 Å². The highest BCUT2D eigenvalue weighted by molar-refractivity contribution is 5.95. The molecule has 0 spiro atoms. The van der Waals surface area contributed by atoms with Crippen molar-refractivity contribution in [3.05, 3.63) is 64.5 Å². The molecule has 0 aliphatic rings. The molecule has 1 aromatic carbocycles. The first-order chi connectivity index (χ1) is 12.9. The Morgan fingerprint density at radius 3 is 2.32 bits per heavy atom. The van der Waals surface area contributed by atoms with Crippen LogP contribution in [-0.2, 0) is 18.1 Å². The fraction of sp³-hybridized carbons (Fsp3) is 0.429. The van der Waals surface area contributed by atoms with E-state index in [4.69, 9.17) is 0 Å². The monoisotopic (exact) mass is 396 g/mol. The summed E-state index contributed by atoms with van der Waals surface area (Å²) in [6.45, 7) is 8.60. The summed E-state index contributed by atoms with van der Waals surface area (Å²) < 4.78 is 54.5. The Balaban J connectivity index is 2.58. The van der Waals surface area contributed by atoms with Gasteiger partial charge in [0.2, 0.25) is 0 Å². The van der Waals surface area contributed by atoms with E-state index < -0.39 is 29.0 Å². The number of amides is 1. The topological polar surface area (TPSA) is 34.4 Å². The number of aryl methyl sites for hydroxylation is 1. The second-order valence-electron chi connectivity index (χ2n) is 7.68. The molecule has 3 nitrogen and oxygen atoms in total. The second kappa shape index (κ2) is 8.29. The van der Waals surface area contributed by atoms with E-state index in [1.807, 2.05) is 33.8 Å². The molecule has 1 aromatic heterocycles. The second-order valence-corrected chi connectivity index (χ2v) is 7.68. The van der Waals surface area contributed by atoms with Crippen LogP contribution in [0, 0.1) is 5.82 Å². The van der Waals surface area contributed by atoms with Gasteiger partial charge in [0.1, 0.15) is 11.3 Å². The molecular weight excluding hydrogens is 372 g/mol. The number of hydrogen-bond donors (Lipinski definition) is 0. The lowest BCUT2D eigenvalue weighted by molar-refractivity contribution is -0.137. The summed E-state index contributed by atoms with van der Waals surface area (Å²) >= 11 is 0. The quantitative estimate of drug-likeness (QED) is 0.630. The zero-order valence-corrected chi connectivity index (χ0v) is 16.4. The molecule has 0 aliphatic heterocycles. The molecule has 0 aliphatic carbocycles. The Bertz CT molecular complexity index is 921. The fourth-order valence-corrected chi connectivity index (χ4v) is 2.63. The van der Waals surface area contributed by atoms with E-state index in [2.05, 4.69) is 4.99 Å². The number of aromatic nitrogens is 1. The highest BCUT2D eigenvalue weighted by Crippen LogP contribution is 2.30. The number of halogens is 4. The van der Waals surface area contributed by atoms with Gasteiger partial charge in [0.25, 0.3) is 5.91 Å². The summed E-state index contributed by atoms with van der Waals surface area (Å²) in [5.41, 5.74) is -0.787. The SMILES string of the molecule is CCCCn1ccc(C(C)(C)C)cc1=NC(=O)c1cc(C(F)(F)F)ccc1F. The first kappa shape index (κ1) is 21.9. The van der Waals surface area contributed by atoms with E-state index in [0.717, 1.165) is 18.4 Å². The van der Waals surface area contributed by atoms with Crippen LogP contribution in [0.1, 0.15) is 62.0 Å². The molecule has 0 bridgehead atoms. The molecular formula is C21H24F4N2O. The average molecular weight is 396 g/mol. The number of carbonyl (C=O) groups excluding carboxylic acids is 1. The molecule has 0 atom stereocenters. The van der Waals surface area contributed by atoms with Crippen LogP contribution >= 0.6 is 0 Å². The number of rotatable bonds is 4. The summed E-state index contributed by atoms with van der Waals surface area (Å²) in [6, 6.07) is 5.39. The summed E-state index contributed by atoms with van der Waals surface area (Å²) in [5, 5.41) is 0. The lowest BCUT2D eigenvalue weighted by Gasteiger charge is -2.20. The highest BCUT2D eigenvalue weighted by Gasteiger charge is 2.32. The number of alkyl halides is 3. The van der Waals surface area contributed by atoms with Gasteiger partial charge < -0.3 is 4.57 Å². The standard InChI is InChI=1S/C21H24F4N2O/c1-5-6-10-27-11-9-14(20(2,3)4)13-18(27)26-19(28)16-12-15(21(23,24)25)7-8-17(16)22/h7-9,11-13H,5-6,10H2,1-4H3. The molecule has 0 saturated carbocycles. The maximum atomic E-state index is 14.0. The first-order valence-electron chi connectivity index (χ1n) is 9.10. The van der Waals surface area contributed by atoms with Crippen molar-refractivity contribution in [3.63, 3.8) is 0 Å². The van der Waals surface area contributed by atoms with E-state index in [9.17, 15) is 22.4 Å². The lowest BCUT2D eigenvalue weighted by atomic mass is 9.88. The number of unbranched alkanes of at least 4 members (excludes halogenated alkanes) is 1. The normalized spacial score (nSPS) is 13.1. The smallest absolute Gasteiger partial charge is 0.333 e. The predicted octanol–water partition coefficient (Wildman–Crippen LogP) is 5.48. The number of benzene rings is 1. The van der Waals surface area contributed by atoms with Crippen molar-refractivity contribution in [2.75, 3.05) is 0 Å². The van der Waals surface area contributed by atoms with Crippen molar-refractivity contribution in [2.45, 2.75) is 58.7 Å². The largest absolute Gasteiger partial charge is 0.416 e. The van der Waals surface area contributed by atoms with E-state index >= 15 is 0 Å². The Kier molecular flexibility index (Phi) is 6.47. The lowest BCUT2D eigenvalue weighted by Crippen LogP contribution is -2.25. The molecule has 0 saturated heterocycles. The molecule has 152 valence electrons. The fourth-order valence-electron chi connectivity index (χ4n) is 2.63. The van der Waals surface area contributed by atoms with Gasteiger partial charge in [0, 0.05) is 12.7 Å². The third-order valence-corrected chi connectivity index (χ3v) is 4.37. The van der Waals surface area contributed by atoms with Crippen LogP contribution in [0.15, 0.2) is 41.5 Å². The third kappa shape index (κ3) is 5.30. The van der Waals surface area contributed by atoms with Gasteiger partial charge in [-0.05, 0) is 47.7 Å². The molecule has 2 rings (SSSR count). The van der Waals surface area contributed by atoms with Gasteiger partial charge in [-0.15, -0.1) is 0 Å².